The van der Waals surface area contributed by atoms with Crippen molar-refractivity contribution in [1.29, 1.82) is 0 Å². The van der Waals surface area contributed by atoms with Crippen molar-refractivity contribution in [2.75, 3.05) is 39.2 Å². The molecule has 1 spiro atoms. The molecule has 0 saturated heterocycles. The molecule has 1 fully saturated rings. The van der Waals surface area contributed by atoms with Gasteiger partial charge in [-0.1, -0.05) is 12.1 Å². The molecule has 7 nitrogen and oxygen atoms in total. The number of hydrogen-bond donors (Lipinski definition) is 1. The van der Waals surface area contributed by atoms with E-state index in [1.807, 2.05) is 59.4 Å². The zero-order chi connectivity index (χ0) is 26.1. The Bertz CT molecular complexity index is 1220. The summed E-state index contributed by atoms with van der Waals surface area (Å²) in [5.74, 6) is 0.605. The van der Waals surface area contributed by atoms with Crippen LogP contribution in [0.3, 0.4) is 0 Å². The molecule has 1 N–H and O–H groups in total. The second kappa shape index (κ2) is 10.1. The molecule has 2 aliphatic rings. The second-order valence-electron chi connectivity index (χ2n) is 10.7. The number of pyridine rings is 1. The molecule has 2 heterocycles. The van der Waals surface area contributed by atoms with Crippen LogP contribution in [-0.2, 0) is 14.9 Å². The Labute approximate surface area is 214 Å². The van der Waals surface area contributed by atoms with Crippen LogP contribution in [0.5, 0.6) is 0 Å². The summed E-state index contributed by atoms with van der Waals surface area (Å²) in [5, 5.41) is 11.6. The van der Waals surface area contributed by atoms with Gasteiger partial charge in [0.15, 0.2) is 0 Å². The number of amides is 1. The van der Waals surface area contributed by atoms with Crippen molar-refractivity contribution in [2.24, 2.45) is 4.99 Å². The summed E-state index contributed by atoms with van der Waals surface area (Å²) in [6.07, 6.45) is 9.04. The highest BCUT2D eigenvalue weighted by Crippen LogP contribution is 2.53. The Hall–Kier alpha value is -3.03. The summed E-state index contributed by atoms with van der Waals surface area (Å²) in [7, 11) is 5.91. The Kier molecular flexibility index (Phi) is 7.34. The fourth-order valence-electron chi connectivity index (χ4n) is 5.40. The van der Waals surface area contributed by atoms with Crippen molar-refractivity contribution < 1.29 is 14.6 Å². The summed E-state index contributed by atoms with van der Waals surface area (Å²) in [4.78, 5) is 26.1. The van der Waals surface area contributed by atoms with E-state index < -0.39 is 11.0 Å². The molecule has 1 aliphatic heterocycles. The number of aliphatic hydroxyl groups is 1. The summed E-state index contributed by atoms with van der Waals surface area (Å²) < 4.78 is 5.76. The van der Waals surface area contributed by atoms with Crippen LogP contribution in [-0.4, -0.2) is 67.5 Å². The number of hydrogen-bond acceptors (Lipinski definition) is 6. The molecule has 1 aromatic carbocycles. The lowest BCUT2D eigenvalue weighted by Gasteiger charge is -2.39. The van der Waals surface area contributed by atoms with E-state index >= 15 is 0 Å². The van der Waals surface area contributed by atoms with E-state index in [9.17, 15) is 9.90 Å². The number of allylic oxidation sites excluding steroid dienone is 3. The van der Waals surface area contributed by atoms with Crippen LogP contribution in [0.25, 0.3) is 16.5 Å². The largest absolute Gasteiger partial charge is 0.478 e. The number of rotatable bonds is 8. The number of nitrogens with zero attached hydrogens (tertiary/aromatic N) is 4. The van der Waals surface area contributed by atoms with Crippen LogP contribution < -0.4 is 4.90 Å². The van der Waals surface area contributed by atoms with E-state index in [1.165, 1.54) is 0 Å². The van der Waals surface area contributed by atoms with Gasteiger partial charge in [-0.05, 0) is 90.0 Å². The lowest BCUT2D eigenvalue weighted by Crippen LogP contribution is -2.45. The minimum absolute atomic E-state index is 0.107. The molecule has 0 atom stereocenters. The SMILES string of the molecule is C=N/C(=C\C=C(/C)c1ccc2ncc3c(c2c1)C1(CCC(C)(O)CC1)C(=O)N3C)OCCCN(C)C. The lowest BCUT2D eigenvalue weighted by molar-refractivity contribution is -0.126. The molecule has 192 valence electrons. The van der Waals surface area contributed by atoms with Gasteiger partial charge in [-0.2, -0.15) is 0 Å². The zero-order valence-corrected chi connectivity index (χ0v) is 22.2. The van der Waals surface area contributed by atoms with Gasteiger partial charge in [0.25, 0.3) is 0 Å². The van der Waals surface area contributed by atoms with Crippen LogP contribution in [0.4, 0.5) is 5.69 Å². The zero-order valence-electron chi connectivity index (χ0n) is 22.2. The Morgan fingerprint density at radius 3 is 2.67 bits per heavy atom. The number of aromatic nitrogens is 1. The van der Waals surface area contributed by atoms with Gasteiger partial charge in [0.05, 0.1) is 35.0 Å². The molecule has 7 heteroatoms. The standard InChI is InChI=1S/C29H38N4O3/c1-20(8-11-25(30-3)36-17-7-16-32(4)5)21-9-10-23-22(18-21)26-24(19-31-23)33(6)27(34)29(26)14-12-28(2,35)13-15-29/h8-11,18-19,35H,3,7,12-17H2,1-2,4-6H3/b20-8+,25-11+. The van der Waals surface area contributed by atoms with Crippen LogP contribution in [0.2, 0.25) is 0 Å². The normalized spacial score (nSPS) is 24.6. The first-order valence-electron chi connectivity index (χ1n) is 12.6. The van der Waals surface area contributed by atoms with Crippen LogP contribution in [0.15, 0.2) is 47.4 Å². The third-order valence-electron chi connectivity index (χ3n) is 7.67. The maximum atomic E-state index is 13.5. The predicted octanol–water partition coefficient (Wildman–Crippen LogP) is 4.69. The lowest BCUT2D eigenvalue weighted by atomic mass is 9.65. The number of aliphatic imine (C=N–C) groups is 1. The minimum Gasteiger partial charge on any atom is -0.478 e. The number of benzene rings is 1. The molecule has 0 bridgehead atoms. The topological polar surface area (TPSA) is 78.3 Å². The van der Waals surface area contributed by atoms with E-state index in [2.05, 4.69) is 33.7 Å². The maximum absolute atomic E-state index is 13.5. The molecule has 1 saturated carbocycles. The first-order valence-corrected chi connectivity index (χ1v) is 12.6. The molecule has 0 unspecified atom stereocenters. The number of likely N-dealkylation sites (N-methyl/N-ethyl adjacent to an activating group) is 1. The molecule has 1 aromatic heterocycles. The van der Waals surface area contributed by atoms with Crippen molar-refractivity contribution in [3.63, 3.8) is 0 Å². The highest BCUT2D eigenvalue weighted by Gasteiger charge is 2.53. The van der Waals surface area contributed by atoms with Crippen LogP contribution in [0.1, 0.15) is 57.1 Å². The minimum atomic E-state index is -0.724. The molecule has 2 aromatic rings. The monoisotopic (exact) mass is 490 g/mol. The first-order chi connectivity index (χ1) is 17.1. The van der Waals surface area contributed by atoms with E-state index in [-0.39, 0.29) is 5.91 Å². The smallest absolute Gasteiger partial charge is 0.237 e. The van der Waals surface area contributed by atoms with Gasteiger partial charge in [0.1, 0.15) is 0 Å². The van der Waals surface area contributed by atoms with Gasteiger partial charge in [0.2, 0.25) is 11.8 Å². The number of anilines is 1. The maximum Gasteiger partial charge on any atom is 0.237 e. The van der Waals surface area contributed by atoms with Crippen molar-refractivity contribution in [3.05, 3.63) is 53.6 Å². The number of fused-ring (bicyclic) bond motifs is 4. The third kappa shape index (κ3) is 4.95. The van der Waals surface area contributed by atoms with Gasteiger partial charge in [-0.25, -0.2) is 4.99 Å². The van der Waals surface area contributed by atoms with Gasteiger partial charge in [-0.15, -0.1) is 0 Å². The molecule has 1 aliphatic carbocycles. The fourth-order valence-corrected chi connectivity index (χ4v) is 5.40. The Balaban J connectivity index is 1.67. The van der Waals surface area contributed by atoms with Crippen LogP contribution in [0, 0.1) is 0 Å². The molecular formula is C29H38N4O3. The average Bonchev–Trinajstić information content (AvgIpc) is 3.07. The summed E-state index contributed by atoms with van der Waals surface area (Å²) >= 11 is 0. The van der Waals surface area contributed by atoms with E-state index in [1.54, 1.807) is 4.90 Å². The third-order valence-corrected chi connectivity index (χ3v) is 7.67. The summed E-state index contributed by atoms with van der Waals surface area (Å²) in [6.45, 7) is 9.08. The quantitative estimate of drug-likeness (QED) is 0.251. The number of ether oxygens (including phenoxy) is 1. The first kappa shape index (κ1) is 26.0. The highest BCUT2D eigenvalue weighted by atomic mass is 16.5. The second-order valence-corrected chi connectivity index (χ2v) is 10.7. The molecular weight excluding hydrogens is 452 g/mol. The number of carbonyl (C=O) groups excluding carboxylic acids is 1. The summed E-state index contributed by atoms with van der Waals surface area (Å²) in [6, 6.07) is 6.21. The predicted molar refractivity (Wildman–Crippen MR) is 146 cm³/mol. The number of carbonyl (C=O) groups is 1. The van der Waals surface area contributed by atoms with Gasteiger partial charge < -0.3 is 19.6 Å². The van der Waals surface area contributed by atoms with E-state index in [0.29, 0.717) is 38.2 Å². The summed E-state index contributed by atoms with van der Waals surface area (Å²) in [5.41, 5.74) is 3.56. The van der Waals surface area contributed by atoms with E-state index in [0.717, 1.165) is 46.3 Å². The van der Waals surface area contributed by atoms with Crippen molar-refractivity contribution in [1.82, 2.24) is 9.88 Å². The fraction of sp³-hybridized carbons (Fsp3) is 0.483. The highest BCUT2D eigenvalue weighted by molar-refractivity contribution is 6.12. The average molecular weight is 491 g/mol. The molecule has 36 heavy (non-hydrogen) atoms. The van der Waals surface area contributed by atoms with Crippen molar-refractivity contribution in [3.8, 4) is 0 Å². The Morgan fingerprint density at radius 2 is 2.00 bits per heavy atom. The van der Waals surface area contributed by atoms with Gasteiger partial charge in [-0.3, -0.25) is 9.78 Å². The van der Waals surface area contributed by atoms with E-state index in [4.69, 9.17) is 4.74 Å². The van der Waals surface area contributed by atoms with Crippen molar-refractivity contribution in [2.45, 2.75) is 57.0 Å². The molecule has 1 amide bonds. The molecule has 4 rings (SSSR count). The van der Waals surface area contributed by atoms with Crippen LogP contribution >= 0.6 is 0 Å². The Morgan fingerprint density at radius 1 is 1.28 bits per heavy atom. The van der Waals surface area contributed by atoms with Gasteiger partial charge in [0, 0.05) is 30.6 Å². The van der Waals surface area contributed by atoms with Crippen molar-refractivity contribution >= 4 is 34.8 Å². The van der Waals surface area contributed by atoms with Gasteiger partial charge >= 0.3 is 0 Å². The molecule has 0 radical (unpaired) electrons.